The van der Waals surface area contributed by atoms with Gasteiger partial charge in [0.15, 0.2) is 11.5 Å². The second kappa shape index (κ2) is 18.2. The minimum absolute atomic E-state index is 0.0843. The van der Waals surface area contributed by atoms with E-state index < -0.39 is 5.56 Å². The monoisotopic (exact) mass is 718 g/mol. The number of carbonyl (C=O) groups excluding carboxylic acids is 1. The molecule has 4 aromatic rings. The van der Waals surface area contributed by atoms with Crippen LogP contribution in [0.25, 0.3) is 5.69 Å². The number of azo groups is 1. The standard InChI is InChI=1S/C34H38Cl4N6O3/c1-2-3-4-5-6-7-8-9-10-13-18-39-33(46)22-16-17-24(36)28(19-22)40-32-30(42-41-27-14-11-12-15-29(27)45)34(47)44(43-32)31-25(37)20-23(35)21-26(31)38/h11-12,14-17,19-21,40,43,45H,2-10,13,18H2,1H3,(H,39,46). The van der Waals surface area contributed by atoms with Gasteiger partial charge >= 0.3 is 5.56 Å². The Labute approximate surface area is 294 Å². The van der Waals surface area contributed by atoms with Crippen LogP contribution in [0.2, 0.25) is 20.1 Å². The zero-order valence-electron chi connectivity index (χ0n) is 26.1. The molecule has 0 radical (unpaired) electrons. The summed E-state index contributed by atoms with van der Waals surface area (Å²) in [6.07, 6.45) is 12.1. The van der Waals surface area contributed by atoms with Crippen LogP contribution in [-0.2, 0) is 0 Å². The molecular formula is C34H38Cl4N6O3. The van der Waals surface area contributed by atoms with Crippen molar-refractivity contribution < 1.29 is 9.90 Å². The summed E-state index contributed by atoms with van der Waals surface area (Å²) >= 11 is 25.4. The Kier molecular flexibility index (Phi) is 14.0. The summed E-state index contributed by atoms with van der Waals surface area (Å²) in [5, 5.41) is 28.1. The molecule has 1 amide bonds. The number of H-pyrrole nitrogens is 1. The number of benzene rings is 3. The number of unbranched alkanes of at least 4 members (excludes halogenated alkanes) is 9. The summed E-state index contributed by atoms with van der Waals surface area (Å²) in [6.45, 7) is 2.79. The van der Waals surface area contributed by atoms with Gasteiger partial charge in [-0.3, -0.25) is 14.7 Å². The van der Waals surface area contributed by atoms with Gasteiger partial charge in [0.1, 0.15) is 17.1 Å². The fourth-order valence-electron chi connectivity index (χ4n) is 4.98. The Morgan fingerprint density at radius 1 is 0.830 bits per heavy atom. The van der Waals surface area contributed by atoms with Crippen molar-refractivity contribution in [3.05, 3.63) is 90.6 Å². The summed E-state index contributed by atoms with van der Waals surface area (Å²) in [5.74, 6) is -0.281. The zero-order chi connectivity index (χ0) is 33.8. The zero-order valence-corrected chi connectivity index (χ0v) is 29.1. The normalized spacial score (nSPS) is 11.3. The molecule has 0 spiro atoms. The molecule has 0 bridgehead atoms. The number of aromatic hydroxyl groups is 1. The highest BCUT2D eigenvalue weighted by atomic mass is 35.5. The van der Waals surface area contributed by atoms with E-state index in [-0.39, 0.29) is 54.6 Å². The fraction of sp³-hybridized carbons (Fsp3) is 0.353. The van der Waals surface area contributed by atoms with E-state index in [1.165, 1.54) is 63.1 Å². The summed E-state index contributed by atoms with van der Waals surface area (Å²) in [6, 6.07) is 14.0. The van der Waals surface area contributed by atoms with Crippen molar-refractivity contribution in [2.75, 3.05) is 11.9 Å². The van der Waals surface area contributed by atoms with Gasteiger partial charge in [0.25, 0.3) is 5.91 Å². The second-order valence-corrected chi connectivity index (χ2v) is 12.8. The number of amides is 1. The highest BCUT2D eigenvalue weighted by molar-refractivity contribution is 6.40. The van der Waals surface area contributed by atoms with Gasteiger partial charge in [-0.2, -0.15) is 0 Å². The molecule has 0 unspecified atom stereocenters. The molecule has 0 aliphatic carbocycles. The number of nitrogens with zero attached hydrogens (tertiary/aromatic N) is 3. The van der Waals surface area contributed by atoms with Crippen LogP contribution in [0.3, 0.4) is 0 Å². The van der Waals surface area contributed by atoms with E-state index >= 15 is 0 Å². The van der Waals surface area contributed by atoms with Crippen LogP contribution in [-0.4, -0.2) is 27.3 Å². The molecule has 9 nitrogen and oxygen atoms in total. The molecule has 0 aliphatic rings. The maximum Gasteiger partial charge on any atom is 0.301 e. The first-order valence-electron chi connectivity index (χ1n) is 15.7. The number of phenolic OH excluding ortho intramolecular Hbond substituents is 1. The molecule has 0 aliphatic heterocycles. The summed E-state index contributed by atoms with van der Waals surface area (Å²) in [5.41, 5.74) is 0.181. The van der Waals surface area contributed by atoms with Gasteiger partial charge < -0.3 is 15.7 Å². The summed E-state index contributed by atoms with van der Waals surface area (Å²) < 4.78 is 1.10. The molecule has 4 rings (SSSR count). The highest BCUT2D eigenvalue weighted by Gasteiger charge is 2.21. The van der Waals surface area contributed by atoms with Crippen molar-refractivity contribution in [1.29, 1.82) is 0 Å². The Bertz CT molecular complexity index is 1730. The van der Waals surface area contributed by atoms with E-state index in [2.05, 4.69) is 32.9 Å². The van der Waals surface area contributed by atoms with Crippen molar-refractivity contribution in [1.82, 2.24) is 15.1 Å². The summed E-state index contributed by atoms with van der Waals surface area (Å²) in [7, 11) is 0. The lowest BCUT2D eigenvalue weighted by molar-refractivity contribution is 0.0953. The molecule has 4 N–H and O–H groups in total. The number of hydrogen-bond acceptors (Lipinski definition) is 6. The molecule has 13 heteroatoms. The number of aromatic nitrogens is 2. The van der Waals surface area contributed by atoms with E-state index in [0.717, 1.165) is 23.9 Å². The van der Waals surface area contributed by atoms with Crippen molar-refractivity contribution in [3.63, 3.8) is 0 Å². The van der Waals surface area contributed by atoms with Crippen LogP contribution in [0, 0.1) is 0 Å². The van der Waals surface area contributed by atoms with Gasteiger partial charge in [-0.05, 0) is 48.9 Å². The molecule has 0 saturated carbocycles. The Morgan fingerprint density at radius 3 is 2.13 bits per heavy atom. The van der Waals surface area contributed by atoms with Crippen LogP contribution in [0.1, 0.15) is 81.5 Å². The van der Waals surface area contributed by atoms with Gasteiger partial charge in [0.05, 0.1) is 20.8 Å². The minimum Gasteiger partial charge on any atom is -0.506 e. The molecule has 0 fully saturated rings. The van der Waals surface area contributed by atoms with Gasteiger partial charge in [-0.15, -0.1) is 10.2 Å². The Balaban J connectivity index is 1.49. The largest absolute Gasteiger partial charge is 0.506 e. The average Bonchev–Trinajstić information content (AvgIpc) is 3.33. The number of phenols is 1. The number of halogens is 4. The van der Waals surface area contributed by atoms with Crippen LogP contribution in [0.5, 0.6) is 5.75 Å². The lowest BCUT2D eigenvalue weighted by Gasteiger charge is -2.11. The third kappa shape index (κ3) is 10.2. The molecule has 0 saturated heterocycles. The molecule has 1 heterocycles. The molecule has 1 aromatic heterocycles. The Hall–Kier alpha value is -3.50. The van der Waals surface area contributed by atoms with Gasteiger partial charge in [0.2, 0.25) is 0 Å². The number of aromatic amines is 1. The van der Waals surface area contributed by atoms with Crippen LogP contribution in [0.15, 0.2) is 69.6 Å². The van der Waals surface area contributed by atoms with Crippen molar-refractivity contribution >= 4 is 75.2 Å². The number of carbonyl (C=O) groups is 1. The quantitative estimate of drug-likeness (QED) is 0.0640. The first kappa shape index (κ1) is 36.3. The van der Waals surface area contributed by atoms with E-state index in [9.17, 15) is 14.7 Å². The second-order valence-electron chi connectivity index (χ2n) is 11.1. The maximum absolute atomic E-state index is 13.6. The van der Waals surface area contributed by atoms with Crippen LogP contribution < -0.4 is 16.2 Å². The first-order chi connectivity index (χ1) is 22.7. The van der Waals surface area contributed by atoms with Crippen molar-refractivity contribution in [3.8, 4) is 11.4 Å². The molecular weight excluding hydrogens is 682 g/mol. The molecule has 47 heavy (non-hydrogen) atoms. The molecule has 3 aromatic carbocycles. The van der Waals surface area contributed by atoms with Crippen molar-refractivity contribution in [2.45, 2.75) is 71.1 Å². The lowest BCUT2D eigenvalue weighted by atomic mass is 10.1. The smallest absolute Gasteiger partial charge is 0.301 e. The number of para-hydroxylation sites is 1. The fourth-order valence-corrected chi connectivity index (χ4v) is 6.13. The first-order valence-corrected chi connectivity index (χ1v) is 17.2. The minimum atomic E-state index is -0.653. The summed E-state index contributed by atoms with van der Waals surface area (Å²) in [4.78, 5) is 26.6. The SMILES string of the molecule is CCCCCCCCCCCCNC(=O)c1ccc(Cl)c(Nc2[nH]n(-c3c(Cl)cc(Cl)cc3Cl)c(=O)c2N=Nc2ccccc2O)c1. The Morgan fingerprint density at radius 2 is 1.47 bits per heavy atom. The van der Waals surface area contributed by atoms with E-state index in [4.69, 9.17) is 46.4 Å². The maximum atomic E-state index is 13.6. The number of nitrogens with one attached hydrogen (secondary N) is 3. The predicted molar refractivity (Wildman–Crippen MR) is 193 cm³/mol. The van der Waals surface area contributed by atoms with Crippen LogP contribution >= 0.6 is 46.4 Å². The molecule has 250 valence electrons. The van der Waals surface area contributed by atoms with E-state index in [0.29, 0.717) is 17.8 Å². The van der Waals surface area contributed by atoms with Gasteiger partial charge in [-0.25, -0.2) is 4.68 Å². The topological polar surface area (TPSA) is 124 Å². The lowest BCUT2D eigenvalue weighted by Crippen LogP contribution is -2.24. The molecule has 0 atom stereocenters. The van der Waals surface area contributed by atoms with Gasteiger partial charge in [0, 0.05) is 17.1 Å². The van der Waals surface area contributed by atoms with Crippen molar-refractivity contribution in [2.24, 2.45) is 10.2 Å². The van der Waals surface area contributed by atoms with Gasteiger partial charge in [-0.1, -0.05) is 123 Å². The number of hydrogen-bond donors (Lipinski definition) is 4. The van der Waals surface area contributed by atoms with Crippen LogP contribution in [0.4, 0.5) is 22.9 Å². The van der Waals surface area contributed by atoms with E-state index in [1.54, 1.807) is 36.4 Å². The number of anilines is 2. The highest BCUT2D eigenvalue weighted by Crippen LogP contribution is 2.35. The number of rotatable bonds is 17. The third-order valence-electron chi connectivity index (χ3n) is 7.51. The van der Waals surface area contributed by atoms with E-state index in [1.807, 2.05) is 0 Å². The predicted octanol–water partition coefficient (Wildman–Crippen LogP) is 11.3. The average molecular weight is 721 g/mol. The third-order valence-corrected chi connectivity index (χ3v) is 8.64.